The molecule has 0 radical (unpaired) electrons. The van der Waals surface area contributed by atoms with Gasteiger partial charge in [-0.3, -0.25) is 0 Å². The van der Waals surface area contributed by atoms with Gasteiger partial charge in [-0.25, -0.2) is 9.37 Å². The Morgan fingerprint density at radius 3 is 2.56 bits per heavy atom. The molecule has 0 unspecified atom stereocenters. The van der Waals surface area contributed by atoms with E-state index in [1.807, 2.05) is 19.1 Å². The lowest BCUT2D eigenvalue weighted by molar-refractivity contribution is 0.627. The minimum atomic E-state index is -0.263. The zero-order valence-corrected chi connectivity index (χ0v) is 11.1. The maximum atomic E-state index is 13.7. The average molecular weight is 265 g/mol. The topological polar surface area (TPSA) is 16.1 Å². The maximum Gasteiger partial charge on any atom is 0.146 e. The Bertz CT molecular complexity index is 557. The second-order valence-electron chi connectivity index (χ2n) is 4.06. The maximum absolute atomic E-state index is 13.7. The Labute approximate surface area is 111 Å². The number of para-hydroxylation sites is 1. The van der Waals surface area contributed by atoms with Crippen LogP contribution in [0.3, 0.4) is 0 Å². The summed E-state index contributed by atoms with van der Waals surface area (Å²) in [6.45, 7) is 1.90. The van der Waals surface area contributed by atoms with Crippen LogP contribution < -0.4 is 4.90 Å². The van der Waals surface area contributed by atoms with Crippen molar-refractivity contribution in [3.8, 4) is 0 Å². The molecule has 0 bridgehead atoms. The Balaban J connectivity index is 2.37. The van der Waals surface area contributed by atoms with E-state index in [9.17, 15) is 4.39 Å². The predicted molar refractivity (Wildman–Crippen MR) is 73.0 cm³/mol. The molecule has 0 aliphatic heterocycles. The largest absolute Gasteiger partial charge is 0.327 e. The van der Waals surface area contributed by atoms with Gasteiger partial charge in [0.05, 0.1) is 5.69 Å². The van der Waals surface area contributed by atoms with Gasteiger partial charge >= 0.3 is 0 Å². The highest BCUT2D eigenvalue weighted by molar-refractivity contribution is 6.17. The smallest absolute Gasteiger partial charge is 0.146 e. The third-order valence-electron chi connectivity index (χ3n) is 2.88. The normalized spacial score (nSPS) is 10.4. The molecule has 0 saturated carbocycles. The number of alkyl halides is 1. The van der Waals surface area contributed by atoms with Crippen LogP contribution in [0.15, 0.2) is 36.4 Å². The molecule has 2 rings (SSSR count). The molecule has 1 aromatic heterocycles. The van der Waals surface area contributed by atoms with Gasteiger partial charge in [0.2, 0.25) is 0 Å². The molecule has 18 heavy (non-hydrogen) atoms. The minimum Gasteiger partial charge on any atom is -0.327 e. The number of halogens is 2. The molecule has 94 valence electrons. The summed E-state index contributed by atoms with van der Waals surface area (Å²) in [7, 11) is 1.79. The summed E-state index contributed by atoms with van der Waals surface area (Å²) in [5, 5.41) is 0. The third-order valence-corrected chi connectivity index (χ3v) is 3.17. The van der Waals surface area contributed by atoms with Crippen molar-refractivity contribution in [2.75, 3.05) is 11.9 Å². The summed E-state index contributed by atoms with van der Waals surface area (Å²) in [6, 6.07) is 10.4. The summed E-state index contributed by atoms with van der Waals surface area (Å²) in [6.07, 6.45) is 0. The molecule has 0 atom stereocenters. The fourth-order valence-electron chi connectivity index (χ4n) is 1.75. The van der Waals surface area contributed by atoms with E-state index < -0.39 is 0 Å². The fourth-order valence-corrected chi connectivity index (χ4v) is 2.03. The molecule has 0 aliphatic rings. The van der Waals surface area contributed by atoms with Gasteiger partial charge in [0.15, 0.2) is 0 Å². The van der Waals surface area contributed by atoms with Crippen LogP contribution in [0.4, 0.5) is 15.9 Å². The van der Waals surface area contributed by atoms with Gasteiger partial charge in [-0.05, 0) is 30.7 Å². The predicted octanol–water partition coefficient (Wildman–Crippen LogP) is 4.04. The highest BCUT2D eigenvalue weighted by Gasteiger charge is 2.10. The monoisotopic (exact) mass is 264 g/mol. The first-order valence-electron chi connectivity index (χ1n) is 5.64. The van der Waals surface area contributed by atoms with Gasteiger partial charge in [0, 0.05) is 18.6 Å². The van der Waals surface area contributed by atoms with Gasteiger partial charge in [-0.1, -0.05) is 18.2 Å². The SMILES string of the molecule is Cc1nc(N(C)c2ccccc2F)ccc1CCl. The van der Waals surface area contributed by atoms with E-state index in [4.69, 9.17) is 11.6 Å². The van der Waals surface area contributed by atoms with Crippen LogP contribution in [0.1, 0.15) is 11.3 Å². The molecule has 0 fully saturated rings. The highest BCUT2D eigenvalue weighted by Crippen LogP contribution is 2.25. The first kappa shape index (κ1) is 12.8. The average Bonchev–Trinajstić information content (AvgIpc) is 2.38. The fraction of sp³-hybridized carbons (Fsp3) is 0.214. The van der Waals surface area contributed by atoms with Crippen molar-refractivity contribution in [2.45, 2.75) is 12.8 Å². The van der Waals surface area contributed by atoms with E-state index in [-0.39, 0.29) is 5.82 Å². The molecule has 2 aromatic rings. The number of anilines is 2. The zero-order chi connectivity index (χ0) is 13.1. The molecule has 1 heterocycles. The number of nitrogens with zero attached hydrogens (tertiary/aromatic N) is 2. The zero-order valence-electron chi connectivity index (χ0n) is 10.3. The van der Waals surface area contributed by atoms with Crippen molar-refractivity contribution in [3.63, 3.8) is 0 Å². The Kier molecular flexibility index (Phi) is 3.82. The number of rotatable bonds is 3. The van der Waals surface area contributed by atoms with E-state index in [2.05, 4.69) is 4.98 Å². The summed E-state index contributed by atoms with van der Waals surface area (Å²) in [4.78, 5) is 6.16. The van der Waals surface area contributed by atoms with Crippen LogP contribution in [-0.4, -0.2) is 12.0 Å². The van der Waals surface area contributed by atoms with Crippen LogP contribution >= 0.6 is 11.6 Å². The molecule has 0 spiro atoms. The van der Waals surface area contributed by atoms with Gasteiger partial charge < -0.3 is 4.90 Å². The Hall–Kier alpha value is -1.61. The summed E-state index contributed by atoms with van der Waals surface area (Å²) >= 11 is 5.79. The molecular formula is C14H14ClFN2. The first-order chi connectivity index (χ1) is 8.63. The second-order valence-corrected chi connectivity index (χ2v) is 4.33. The lowest BCUT2D eigenvalue weighted by atomic mass is 10.2. The molecular weight excluding hydrogens is 251 g/mol. The standard InChI is InChI=1S/C14H14ClFN2/c1-10-11(9-15)7-8-14(17-10)18(2)13-6-4-3-5-12(13)16/h3-8H,9H2,1-2H3. The van der Waals surface area contributed by atoms with E-state index in [1.54, 1.807) is 30.1 Å². The van der Waals surface area contributed by atoms with Gasteiger partial charge in [-0.15, -0.1) is 11.6 Å². The summed E-state index contributed by atoms with van der Waals surface area (Å²) in [5.74, 6) is 0.870. The van der Waals surface area contributed by atoms with E-state index >= 15 is 0 Å². The Morgan fingerprint density at radius 2 is 1.94 bits per heavy atom. The number of aromatic nitrogens is 1. The number of hydrogen-bond acceptors (Lipinski definition) is 2. The van der Waals surface area contributed by atoms with Crippen LogP contribution in [0.5, 0.6) is 0 Å². The molecule has 0 amide bonds. The molecule has 2 nitrogen and oxygen atoms in total. The van der Waals surface area contributed by atoms with Crippen LogP contribution in [-0.2, 0) is 5.88 Å². The Morgan fingerprint density at radius 1 is 1.22 bits per heavy atom. The highest BCUT2D eigenvalue weighted by atomic mass is 35.5. The van der Waals surface area contributed by atoms with Crippen molar-refractivity contribution in [1.82, 2.24) is 4.98 Å². The molecule has 1 aromatic carbocycles. The van der Waals surface area contributed by atoms with E-state index in [0.717, 1.165) is 11.3 Å². The number of aryl methyl sites for hydroxylation is 1. The molecule has 4 heteroatoms. The van der Waals surface area contributed by atoms with Crippen LogP contribution in [0, 0.1) is 12.7 Å². The molecule has 0 aliphatic carbocycles. The number of pyridine rings is 1. The lowest BCUT2D eigenvalue weighted by Gasteiger charge is -2.19. The van der Waals surface area contributed by atoms with Crippen molar-refractivity contribution < 1.29 is 4.39 Å². The summed E-state index contributed by atoms with van der Waals surface area (Å²) in [5.41, 5.74) is 2.36. The molecule has 0 saturated heterocycles. The van der Waals surface area contributed by atoms with Gasteiger partial charge in [0.25, 0.3) is 0 Å². The lowest BCUT2D eigenvalue weighted by Crippen LogP contribution is -2.13. The third kappa shape index (κ3) is 2.46. The quantitative estimate of drug-likeness (QED) is 0.778. The molecule has 0 N–H and O–H groups in total. The van der Waals surface area contributed by atoms with Crippen molar-refractivity contribution in [3.05, 3.63) is 53.5 Å². The van der Waals surface area contributed by atoms with Crippen molar-refractivity contribution in [1.29, 1.82) is 0 Å². The summed E-state index contributed by atoms with van der Waals surface area (Å²) < 4.78 is 13.7. The number of hydrogen-bond donors (Lipinski definition) is 0. The van der Waals surface area contributed by atoms with Gasteiger partial charge in [0.1, 0.15) is 11.6 Å². The van der Waals surface area contributed by atoms with Crippen molar-refractivity contribution >= 4 is 23.1 Å². The van der Waals surface area contributed by atoms with E-state index in [0.29, 0.717) is 17.4 Å². The minimum absolute atomic E-state index is 0.263. The van der Waals surface area contributed by atoms with E-state index in [1.165, 1.54) is 6.07 Å². The number of benzene rings is 1. The first-order valence-corrected chi connectivity index (χ1v) is 6.17. The van der Waals surface area contributed by atoms with Crippen LogP contribution in [0.2, 0.25) is 0 Å². The second kappa shape index (κ2) is 5.36. The van der Waals surface area contributed by atoms with Crippen LogP contribution in [0.25, 0.3) is 0 Å². The van der Waals surface area contributed by atoms with Gasteiger partial charge in [-0.2, -0.15) is 0 Å². The van der Waals surface area contributed by atoms with Crippen molar-refractivity contribution in [2.24, 2.45) is 0 Å².